The maximum atomic E-state index is 13.4. The fraction of sp³-hybridized carbons (Fsp3) is 0.419. The molecule has 61 heavy (non-hydrogen) atoms. The lowest BCUT2D eigenvalue weighted by atomic mass is 9.99. The number of ether oxygens (including phenoxy) is 1. The molecule has 5 N–H and O–H groups in total. The summed E-state index contributed by atoms with van der Waals surface area (Å²) >= 11 is 7.90. The Labute approximate surface area is 361 Å². The van der Waals surface area contributed by atoms with Gasteiger partial charge >= 0.3 is 0 Å². The number of imidazole rings is 1. The minimum atomic E-state index is -0.884. The Kier molecular flexibility index (Phi) is 13.6. The number of benzene rings is 2. The molecule has 1 unspecified atom stereocenters. The Hall–Kier alpha value is -5.94. The van der Waals surface area contributed by atoms with Crippen LogP contribution in [0.4, 0.5) is 0 Å². The number of fused-ring (bicyclic) bond motifs is 4. The predicted octanol–water partition coefficient (Wildman–Crippen LogP) is 5.56. The molecule has 320 valence electrons. The first kappa shape index (κ1) is 43.2. The smallest absolute Gasteiger partial charge is 0.257 e. The van der Waals surface area contributed by atoms with Crippen molar-refractivity contribution in [1.82, 2.24) is 46.0 Å². The Bertz CT molecular complexity index is 2510. The van der Waals surface area contributed by atoms with Gasteiger partial charge in [-0.25, -0.2) is 4.98 Å². The number of unbranched alkanes of at least 4 members (excludes halogenated alkanes) is 5. The van der Waals surface area contributed by atoms with E-state index in [0.29, 0.717) is 40.8 Å². The van der Waals surface area contributed by atoms with Gasteiger partial charge in [-0.2, -0.15) is 0 Å². The summed E-state index contributed by atoms with van der Waals surface area (Å²) in [7, 11) is 0. The summed E-state index contributed by atoms with van der Waals surface area (Å²) in [6.45, 7) is 8.58. The van der Waals surface area contributed by atoms with Gasteiger partial charge in [0.05, 0.1) is 17.6 Å². The van der Waals surface area contributed by atoms with Gasteiger partial charge in [0.15, 0.2) is 12.4 Å². The normalized spacial score (nSPS) is 16.0. The molecule has 2 aliphatic rings. The third-order valence-corrected chi connectivity index (χ3v) is 12.3. The van der Waals surface area contributed by atoms with Gasteiger partial charge in [0.2, 0.25) is 17.7 Å². The second kappa shape index (κ2) is 19.2. The molecule has 2 aliphatic heterocycles. The number of nitrogens with zero attached hydrogens (tertiary/aromatic N) is 5. The third kappa shape index (κ3) is 10.00. The molecule has 0 radical (unpaired) electrons. The maximum Gasteiger partial charge on any atom is 0.257 e. The Morgan fingerprint density at radius 3 is 2.34 bits per heavy atom. The highest BCUT2D eigenvalue weighted by molar-refractivity contribution is 7.15. The summed E-state index contributed by atoms with van der Waals surface area (Å²) in [5, 5.41) is 21.4. The number of aryl methyl sites for hydroxylation is 3. The van der Waals surface area contributed by atoms with Crippen LogP contribution in [-0.2, 0) is 19.2 Å². The number of aromatic nitrogens is 5. The monoisotopic (exact) mass is 868 g/mol. The zero-order valence-corrected chi connectivity index (χ0v) is 36.1. The number of aromatic amines is 1. The Morgan fingerprint density at radius 2 is 1.62 bits per heavy atom. The number of aliphatic imine (C=N–C) groups is 1. The number of carbonyl (C=O) groups excluding carboxylic acids is 5. The van der Waals surface area contributed by atoms with Crippen molar-refractivity contribution in [3.05, 3.63) is 86.0 Å². The lowest BCUT2D eigenvalue weighted by Crippen LogP contribution is -2.52. The highest BCUT2D eigenvalue weighted by atomic mass is 35.5. The quantitative estimate of drug-likeness (QED) is 0.0584. The molecule has 2 aromatic carbocycles. The zero-order chi connectivity index (χ0) is 43.2. The number of amides is 5. The van der Waals surface area contributed by atoms with Crippen LogP contribution in [0.5, 0.6) is 5.75 Å². The molecule has 0 spiro atoms. The second-order valence-corrected chi connectivity index (χ2v) is 17.0. The van der Waals surface area contributed by atoms with Crippen LogP contribution in [0, 0.1) is 27.7 Å². The van der Waals surface area contributed by atoms with Gasteiger partial charge in [-0.1, -0.05) is 49.4 Å². The van der Waals surface area contributed by atoms with Gasteiger partial charge in [0, 0.05) is 40.5 Å². The molecular weight excluding hydrogens is 820 g/mol. The number of carbonyl (C=O) groups is 5. The van der Waals surface area contributed by atoms with E-state index < -0.39 is 23.9 Å². The van der Waals surface area contributed by atoms with Crippen LogP contribution >= 0.6 is 22.9 Å². The number of thiophene rings is 1. The molecule has 2 atom stereocenters. The van der Waals surface area contributed by atoms with Crippen LogP contribution in [0.1, 0.15) is 113 Å². The van der Waals surface area contributed by atoms with Crippen molar-refractivity contribution in [2.45, 2.75) is 97.6 Å². The summed E-state index contributed by atoms with van der Waals surface area (Å²) in [5.74, 6) is 0.132. The second-order valence-electron chi connectivity index (χ2n) is 15.4. The van der Waals surface area contributed by atoms with Crippen molar-refractivity contribution in [2.75, 3.05) is 19.7 Å². The van der Waals surface area contributed by atoms with E-state index >= 15 is 0 Å². The molecule has 0 saturated carbocycles. The predicted molar refractivity (Wildman–Crippen MR) is 232 cm³/mol. The average molecular weight is 869 g/mol. The number of piperidine rings is 1. The summed E-state index contributed by atoms with van der Waals surface area (Å²) < 4.78 is 7.84. The van der Waals surface area contributed by atoms with Crippen LogP contribution in [0.25, 0.3) is 16.0 Å². The van der Waals surface area contributed by atoms with Crippen LogP contribution in [0.15, 0.2) is 41.4 Å². The van der Waals surface area contributed by atoms with E-state index in [1.165, 1.54) is 4.88 Å². The van der Waals surface area contributed by atoms with E-state index in [2.05, 4.69) is 55.3 Å². The van der Waals surface area contributed by atoms with Crippen molar-refractivity contribution in [3.8, 4) is 10.8 Å². The SMILES string of the molecule is Cc1nc2c(C(=O)NC3CCC(=O)NC3=O)c(OCC(=O)NCCCCCCCCNC(=O)C[C@@H]3N=C(c4ccc(Cl)cc4)c4c(sc(C)c4C)-n4c(C)nnc43)ccc2[nH]1. The molecule has 18 heteroatoms. The molecule has 5 aromatic rings. The molecule has 7 rings (SSSR count). The minimum absolute atomic E-state index is 0.0968. The van der Waals surface area contributed by atoms with E-state index in [1.54, 1.807) is 30.4 Å². The standard InChI is InChI=1S/C43H49ClN10O6S/c1-23-24(2)61-43-36(23)38(27-11-13-28(44)14-12-27)49-31(40-53-52-26(4)54(40)43)21-34(56)45-19-9-7-5-6-8-10-20-46-35(57)22-60-32-17-15-29-39(48-25(3)47-29)37(32)42(59)50-30-16-18-33(55)51-41(30)58/h11-15,17,30-31H,5-10,16,18-22H2,1-4H3,(H,45,56)(H,46,57)(H,47,48)(H,50,59)(H,51,55,58)/t30?,31-/m0/s1. The lowest BCUT2D eigenvalue weighted by molar-refractivity contribution is -0.134. The number of rotatable bonds is 17. The third-order valence-electron chi connectivity index (χ3n) is 10.8. The number of nitrogens with one attached hydrogen (secondary N) is 5. The average Bonchev–Trinajstić information content (AvgIpc) is 3.87. The first-order valence-electron chi connectivity index (χ1n) is 20.5. The lowest BCUT2D eigenvalue weighted by Gasteiger charge is -2.22. The largest absolute Gasteiger partial charge is 0.483 e. The zero-order valence-electron chi connectivity index (χ0n) is 34.6. The first-order chi connectivity index (χ1) is 29.4. The van der Waals surface area contributed by atoms with Gasteiger partial charge in [-0.05, 0) is 76.8 Å². The van der Waals surface area contributed by atoms with Crippen LogP contribution in [0.2, 0.25) is 5.02 Å². The molecule has 5 heterocycles. The van der Waals surface area contributed by atoms with E-state index in [1.807, 2.05) is 35.8 Å². The topological polar surface area (TPSA) is 214 Å². The van der Waals surface area contributed by atoms with E-state index in [-0.39, 0.29) is 54.9 Å². The molecule has 1 fully saturated rings. The fourth-order valence-electron chi connectivity index (χ4n) is 7.57. The van der Waals surface area contributed by atoms with E-state index in [4.69, 9.17) is 21.3 Å². The van der Waals surface area contributed by atoms with E-state index in [0.717, 1.165) is 71.8 Å². The maximum absolute atomic E-state index is 13.4. The van der Waals surface area contributed by atoms with Gasteiger partial charge in [0.25, 0.3) is 11.8 Å². The van der Waals surface area contributed by atoms with Crippen molar-refractivity contribution < 1.29 is 28.7 Å². The van der Waals surface area contributed by atoms with Gasteiger partial charge in [-0.3, -0.25) is 38.8 Å². The molecular formula is C43H49ClN10O6S. The van der Waals surface area contributed by atoms with Crippen molar-refractivity contribution >= 4 is 69.2 Å². The molecule has 3 aromatic heterocycles. The first-order valence-corrected chi connectivity index (χ1v) is 21.7. The summed E-state index contributed by atoms with van der Waals surface area (Å²) in [5.41, 5.74) is 4.94. The summed E-state index contributed by atoms with van der Waals surface area (Å²) in [4.78, 5) is 77.1. The minimum Gasteiger partial charge on any atom is -0.483 e. The fourth-order valence-corrected chi connectivity index (χ4v) is 8.91. The number of halogens is 1. The molecule has 1 saturated heterocycles. The van der Waals surface area contributed by atoms with Crippen molar-refractivity contribution in [2.24, 2.45) is 4.99 Å². The Balaban J connectivity index is 0.824. The number of hydrogen-bond acceptors (Lipinski definition) is 11. The van der Waals surface area contributed by atoms with E-state index in [9.17, 15) is 24.0 Å². The number of imide groups is 1. The summed E-state index contributed by atoms with van der Waals surface area (Å²) in [6.07, 6.45) is 5.91. The molecule has 5 amide bonds. The van der Waals surface area contributed by atoms with Crippen LogP contribution < -0.4 is 26.0 Å². The summed E-state index contributed by atoms with van der Waals surface area (Å²) in [6, 6.07) is 9.50. The van der Waals surface area contributed by atoms with Crippen molar-refractivity contribution in [1.29, 1.82) is 0 Å². The number of hydrogen-bond donors (Lipinski definition) is 5. The van der Waals surface area contributed by atoms with Gasteiger partial charge in [0.1, 0.15) is 45.6 Å². The molecule has 0 bridgehead atoms. The highest BCUT2D eigenvalue weighted by Crippen LogP contribution is 2.39. The van der Waals surface area contributed by atoms with Crippen molar-refractivity contribution in [3.63, 3.8) is 0 Å². The Morgan fingerprint density at radius 1 is 0.918 bits per heavy atom. The number of H-pyrrole nitrogens is 1. The molecule has 0 aliphatic carbocycles. The highest BCUT2D eigenvalue weighted by Gasteiger charge is 2.33. The van der Waals surface area contributed by atoms with Gasteiger partial charge < -0.3 is 25.7 Å². The van der Waals surface area contributed by atoms with Gasteiger partial charge in [-0.15, -0.1) is 21.5 Å². The van der Waals surface area contributed by atoms with Crippen LogP contribution in [0.3, 0.4) is 0 Å². The van der Waals surface area contributed by atoms with Crippen LogP contribution in [-0.4, -0.2) is 85.7 Å². The molecule has 16 nitrogen and oxygen atoms in total.